The van der Waals surface area contributed by atoms with Crippen molar-refractivity contribution in [1.82, 2.24) is 0 Å². The monoisotopic (exact) mass is 821 g/mol. The second-order valence-corrected chi connectivity index (χ2v) is 22.2. The van der Waals surface area contributed by atoms with E-state index < -0.39 is 0 Å². The van der Waals surface area contributed by atoms with E-state index in [1.807, 2.05) is 18.2 Å². The Morgan fingerprint density at radius 2 is 0.625 bits per heavy atom. The topological polar surface area (TPSA) is 0 Å². The summed E-state index contributed by atoms with van der Waals surface area (Å²) < 4.78 is 0. The summed E-state index contributed by atoms with van der Waals surface area (Å²) in [6.45, 7) is 7.00. The molecule has 5 heteroatoms. The largest absolute Gasteiger partial charge is 4.00 e. The Morgan fingerprint density at radius 1 is 0.396 bits per heavy atom. The van der Waals surface area contributed by atoms with E-state index >= 15 is 0 Å². The van der Waals surface area contributed by atoms with E-state index in [4.69, 9.17) is 6.58 Å². The molecule has 0 atom stereocenters. The molecule has 0 bridgehead atoms. The van der Waals surface area contributed by atoms with E-state index in [1.165, 1.54) is 72.5 Å². The zero-order chi connectivity index (χ0) is 30.9. The molecule has 0 unspecified atom stereocenters. The summed E-state index contributed by atoms with van der Waals surface area (Å²) >= 11 is 0. The van der Waals surface area contributed by atoms with Crippen molar-refractivity contribution in [1.29, 1.82) is 0 Å². The van der Waals surface area contributed by atoms with Gasteiger partial charge in [0.15, 0.2) is 0 Å². The fraction of sp³-hybridized carbons (Fsp3) is 0.837. The van der Waals surface area contributed by atoms with Crippen LogP contribution in [0.15, 0.2) is 29.9 Å². The first-order chi connectivity index (χ1) is 22.3. The molecular formula is C43H71Cl2P2Ru. The summed E-state index contributed by atoms with van der Waals surface area (Å²) in [7, 11) is 0.770. The fourth-order valence-corrected chi connectivity index (χ4v) is 19.8. The Labute approximate surface area is 327 Å². The molecule has 0 aromatic heterocycles. The quantitative estimate of drug-likeness (QED) is 0.143. The molecule has 0 heterocycles. The molecule has 0 nitrogen and oxygen atoms in total. The van der Waals surface area contributed by atoms with Gasteiger partial charge in [0.1, 0.15) is 0 Å². The minimum Gasteiger partial charge on any atom is -1.00 e. The summed E-state index contributed by atoms with van der Waals surface area (Å²) in [5, 5.41) is 0. The van der Waals surface area contributed by atoms with Gasteiger partial charge in [-0.2, -0.15) is 12.2 Å². The molecule has 275 valence electrons. The van der Waals surface area contributed by atoms with Crippen molar-refractivity contribution >= 4 is 15.8 Å². The Hall–Kier alpha value is 1.15. The predicted molar refractivity (Wildman–Crippen MR) is 204 cm³/mol. The van der Waals surface area contributed by atoms with Gasteiger partial charge in [0.25, 0.3) is 0 Å². The molecule has 0 saturated heterocycles. The molecule has 0 N–H and O–H groups in total. The van der Waals surface area contributed by atoms with Gasteiger partial charge in [-0.15, -0.1) is 6.08 Å². The molecule has 6 fully saturated rings. The van der Waals surface area contributed by atoms with Gasteiger partial charge in [-0.3, -0.25) is 12.5 Å². The van der Waals surface area contributed by atoms with Crippen molar-refractivity contribution in [2.24, 2.45) is 0 Å². The van der Waals surface area contributed by atoms with Gasteiger partial charge in [0.05, 0.1) is 0 Å². The van der Waals surface area contributed by atoms with Crippen LogP contribution in [0.4, 0.5) is 0 Å². The number of allylic oxidation sites excluding steroid dienone is 5. The number of halogens is 2. The summed E-state index contributed by atoms with van der Waals surface area (Å²) in [5.74, 6) is 0. The van der Waals surface area contributed by atoms with Crippen LogP contribution in [-0.4, -0.2) is 34.0 Å². The third-order valence-corrected chi connectivity index (χ3v) is 20.9. The summed E-state index contributed by atoms with van der Waals surface area (Å²) in [6.07, 6.45) is 56.3. The Bertz CT molecular complexity index is 716. The van der Waals surface area contributed by atoms with Crippen molar-refractivity contribution < 1.29 is 44.3 Å². The summed E-state index contributed by atoms with van der Waals surface area (Å²) in [6, 6.07) is 0. The number of hydrogen-bond acceptors (Lipinski definition) is 0. The van der Waals surface area contributed by atoms with Crippen molar-refractivity contribution in [2.75, 3.05) is 0 Å². The predicted octanol–water partition coefficient (Wildman–Crippen LogP) is 8.49. The minimum atomic E-state index is 0. The SMILES string of the molecule is C1CCC(P(C2CCCCC2)C2CCCCC2)CC1.C1CCC(P(C2CCCCC2)C2CCCCC2)CC1.[C-]=C1C=CC=C[CH-]1.[Cl-].[Cl-].[Ru+4]. The first-order valence-electron chi connectivity index (χ1n) is 20.6. The maximum Gasteiger partial charge on any atom is 4.00 e. The zero-order valence-electron chi connectivity index (χ0n) is 30.6. The van der Waals surface area contributed by atoms with Crippen LogP contribution in [0.25, 0.3) is 0 Å². The molecular weight excluding hydrogens is 750 g/mol. The maximum atomic E-state index is 7.00. The first kappa shape index (κ1) is 45.3. The van der Waals surface area contributed by atoms with E-state index in [1.54, 1.807) is 167 Å². The van der Waals surface area contributed by atoms with Crippen LogP contribution in [-0.2, 0) is 19.5 Å². The van der Waals surface area contributed by atoms with Gasteiger partial charge >= 0.3 is 19.5 Å². The number of rotatable bonds is 6. The van der Waals surface area contributed by atoms with E-state index in [-0.39, 0.29) is 44.3 Å². The molecule has 0 spiro atoms. The van der Waals surface area contributed by atoms with Crippen LogP contribution < -0.4 is 24.8 Å². The first-order valence-corrected chi connectivity index (χ1v) is 23.7. The molecule has 1 radical (unpaired) electrons. The van der Waals surface area contributed by atoms with Crippen molar-refractivity contribution in [3.63, 3.8) is 0 Å². The van der Waals surface area contributed by atoms with E-state index in [0.29, 0.717) is 21.4 Å². The normalized spacial score (nSPS) is 25.3. The average molecular weight is 822 g/mol. The minimum absolute atomic E-state index is 0. The van der Waals surface area contributed by atoms with Crippen LogP contribution in [0.5, 0.6) is 0 Å². The Balaban J connectivity index is 0.000000264. The van der Waals surface area contributed by atoms with Gasteiger partial charge < -0.3 is 37.0 Å². The molecule has 6 saturated carbocycles. The molecule has 0 aliphatic heterocycles. The second kappa shape index (κ2) is 26.8. The van der Waals surface area contributed by atoms with Gasteiger partial charge in [0.2, 0.25) is 0 Å². The molecule has 48 heavy (non-hydrogen) atoms. The second-order valence-electron chi connectivity index (χ2n) is 16.0. The van der Waals surface area contributed by atoms with Gasteiger partial charge in [0, 0.05) is 0 Å². The third-order valence-electron chi connectivity index (χ3n) is 12.8. The maximum absolute atomic E-state index is 7.00. The van der Waals surface area contributed by atoms with Crippen LogP contribution in [0.3, 0.4) is 0 Å². The Morgan fingerprint density at radius 3 is 0.771 bits per heavy atom. The van der Waals surface area contributed by atoms with Crippen molar-refractivity contribution in [3.8, 4) is 0 Å². The smallest absolute Gasteiger partial charge is 1.00 e. The van der Waals surface area contributed by atoms with E-state index in [2.05, 4.69) is 0 Å². The van der Waals surface area contributed by atoms with Crippen LogP contribution in [0.1, 0.15) is 193 Å². The molecule has 0 aromatic carbocycles. The number of hydrogen-bond donors (Lipinski definition) is 0. The van der Waals surface area contributed by atoms with Crippen LogP contribution >= 0.6 is 15.8 Å². The average Bonchev–Trinajstić information content (AvgIpc) is 3.12. The molecule has 7 aliphatic rings. The fourth-order valence-electron chi connectivity index (χ4n) is 10.5. The summed E-state index contributed by atoms with van der Waals surface area (Å²) in [4.78, 5) is 0. The van der Waals surface area contributed by atoms with Gasteiger partial charge in [-0.1, -0.05) is 131 Å². The molecule has 7 aliphatic carbocycles. The Kier molecular flexibility index (Phi) is 25.3. The molecule has 0 amide bonds. The van der Waals surface area contributed by atoms with Crippen LogP contribution in [0.2, 0.25) is 0 Å². The standard InChI is InChI=1S/2C18H33P.C7H5.2ClH.Ru/c2*1-4-10-16(11-5-1)19(17-12-6-2-7-13-17)18-14-8-3-9-15-18;1-7-5-3-2-4-6-7;;;/h2*16-18H,1-15H2;2-6H;2*1H;/q;;-2;;;+4/p-2. The van der Waals surface area contributed by atoms with E-state index in [0.717, 1.165) is 0 Å². The van der Waals surface area contributed by atoms with E-state index in [9.17, 15) is 0 Å². The molecule has 0 aromatic rings. The summed E-state index contributed by atoms with van der Waals surface area (Å²) in [5.41, 5.74) is 7.71. The third kappa shape index (κ3) is 15.3. The van der Waals surface area contributed by atoms with Crippen molar-refractivity contribution in [2.45, 2.75) is 227 Å². The molecule has 7 rings (SSSR count). The van der Waals surface area contributed by atoms with Crippen molar-refractivity contribution in [3.05, 3.63) is 42.9 Å². The van der Waals surface area contributed by atoms with Crippen LogP contribution in [0, 0.1) is 13.0 Å². The zero-order valence-corrected chi connectivity index (χ0v) is 35.6. The van der Waals surface area contributed by atoms with Gasteiger partial charge in [-0.25, -0.2) is 0 Å². The van der Waals surface area contributed by atoms with Gasteiger partial charge in [-0.05, 0) is 111 Å².